The maximum absolute atomic E-state index is 5.19. The highest BCUT2D eigenvalue weighted by molar-refractivity contribution is 6.31. The third-order valence-corrected chi connectivity index (χ3v) is 9.83. The molecule has 2 rings (SSSR count). The van der Waals surface area contributed by atoms with Gasteiger partial charge in [0.25, 0.3) is 0 Å². The van der Waals surface area contributed by atoms with Crippen LogP contribution in [-0.4, -0.2) is 11.9 Å². The molecule has 0 aliphatic carbocycles. The number of nitrogens with zero attached hydrogens (tertiary/aromatic N) is 2. The number of aryl methyl sites for hydroxylation is 2. The molecule has 0 saturated carbocycles. The SMILES string of the molecule is CCCCCCCCCCCC=CCCc1ccccc1N=CC(CCCC)=Nc1ccccc1CCC=CCCCCCCCCCCC. The molecule has 0 bridgehead atoms. The first-order valence-corrected chi connectivity index (χ1v) is 21.4. The molecular formula is C48H76N2. The van der Waals surface area contributed by atoms with Crippen LogP contribution in [0.5, 0.6) is 0 Å². The van der Waals surface area contributed by atoms with E-state index < -0.39 is 0 Å². The van der Waals surface area contributed by atoms with Gasteiger partial charge in [-0.3, -0.25) is 9.98 Å². The Morgan fingerprint density at radius 1 is 0.440 bits per heavy atom. The molecule has 0 heterocycles. The van der Waals surface area contributed by atoms with Crippen LogP contribution < -0.4 is 0 Å². The van der Waals surface area contributed by atoms with Crippen LogP contribution in [0.4, 0.5) is 11.4 Å². The minimum absolute atomic E-state index is 0.955. The van der Waals surface area contributed by atoms with E-state index in [1.165, 1.54) is 140 Å². The van der Waals surface area contributed by atoms with Crippen molar-refractivity contribution in [2.24, 2.45) is 9.98 Å². The standard InChI is InChI=1S/C48H76N2/c1-4-7-10-12-14-16-18-20-22-24-26-28-30-36-44-38-32-34-41-47(44)49-43-46(40-9-6-3)50-48-42-35-33-39-45(48)37-31-29-27-25-23-21-19-17-15-13-11-8-5-2/h26-29,32-35,38-39,41-43H,4-25,30-31,36-37,40H2,1-3H3. The normalized spacial score (nSPS) is 12.3. The van der Waals surface area contributed by atoms with Crippen molar-refractivity contribution in [3.8, 4) is 0 Å². The van der Waals surface area contributed by atoms with Crippen LogP contribution in [-0.2, 0) is 12.8 Å². The zero-order valence-corrected chi connectivity index (χ0v) is 33.0. The Kier molecular flexibility index (Phi) is 28.0. The number of para-hydroxylation sites is 2. The average Bonchev–Trinajstić information content (AvgIpc) is 3.14. The summed E-state index contributed by atoms with van der Waals surface area (Å²) in [6.07, 6.45) is 46.5. The molecule has 0 N–H and O–H groups in total. The van der Waals surface area contributed by atoms with E-state index in [0.717, 1.165) is 62.0 Å². The van der Waals surface area contributed by atoms with Crippen LogP contribution in [0.15, 0.2) is 82.8 Å². The van der Waals surface area contributed by atoms with Crippen molar-refractivity contribution in [1.82, 2.24) is 0 Å². The summed E-state index contributed by atoms with van der Waals surface area (Å²) in [7, 11) is 0. The zero-order valence-electron chi connectivity index (χ0n) is 33.0. The molecule has 0 aromatic heterocycles. The second-order valence-corrected chi connectivity index (χ2v) is 14.5. The molecule has 278 valence electrons. The lowest BCUT2D eigenvalue weighted by Gasteiger charge is -2.07. The van der Waals surface area contributed by atoms with Gasteiger partial charge in [-0.05, 0) is 87.5 Å². The van der Waals surface area contributed by atoms with Gasteiger partial charge >= 0.3 is 0 Å². The number of aliphatic imine (C=N–C) groups is 2. The Morgan fingerprint density at radius 3 is 1.34 bits per heavy atom. The molecule has 0 spiro atoms. The van der Waals surface area contributed by atoms with Gasteiger partial charge in [0.1, 0.15) is 0 Å². The number of hydrogen-bond acceptors (Lipinski definition) is 2. The van der Waals surface area contributed by atoms with E-state index in [0.29, 0.717) is 0 Å². The van der Waals surface area contributed by atoms with Gasteiger partial charge in [-0.25, -0.2) is 0 Å². The maximum atomic E-state index is 5.19. The predicted octanol–water partition coefficient (Wildman–Crippen LogP) is 16.2. The Bertz CT molecular complexity index is 1190. The zero-order chi connectivity index (χ0) is 35.6. The first kappa shape index (κ1) is 43.4. The highest BCUT2D eigenvalue weighted by Gasteiger charge is 2.05. The highest BCUT2D eigenvalue weighted by atomic mass is 14.8. The van der Waals surface area contributed by atoms with E-state index in [1.807, 2.05) is 6.21 Å². The first-order chi connectivity index (χ1) is 24.8. The Balaban J connectivity index is 1.82. The van der Waals surface area contributed by atoms with E-state index in [2.05, 4.69) is 93.6 Å². The van der Waals surface area contributed by atoms with Crippen LogP contribution in [0, 0.1) is 0 Å². The highest BCUT2D eigenvalue weighted by Crippen LogP contribution is 2.23. The molecule has 0 unspecified atom stereocenters. The molecule has 2 nitrogen and oxygen atoms in total. The molecule has 50 heavy (non-hydrogen) atoms. The molecule has 0 radical (unpaired) electrons. The molecule has 0 atom stereocenters. The molecular weight excluding hydrogens is 605 g/mol. The molecule has 2 heteroatoms. The fourth-order valence-electron chi connectivity index (χ4n) is 6.58. The van der Waals surface area contributed by atoms with Crippen molar-refractivity contribution in [1.29, 1.82) is 0 Å². The van der Waals surface area contributed by atoms with Gasteiger partial charge in [0.2, 0.25) is 0 Å². The molecule has 0 saturated heterocycles. The van der Waals surface area contributed by atoms with Gasteiger partial charge in [0.05, 0.1) is 17.1 Å². The summed E-state index contributed by atoms with van der Waals surface area (Å²) in [4.78, 5) is 10.2. The molecule has 0 aliphatic rings. The van der Waals surface area contributed by atoms with E-state index in [9.17, 15) is 0 Å². The van der Waals surface area contributed by atoms with Crippen LogP contribution >= 0.6 is 0 Å². The molecule has 2 aromatic rings. The fourth-order valence-corrected chi connectivity index (χ4v) is 6.58. The Hall–Kier alpha value is -2.74. The molecule has 0 aliphatic heterocycles. The van der Waals surface area contributed by atoms with E-state index >= 15 is 0 Å². The summed E-state index contributed by atoms with van der Waals surface area (Å²) in [5.41, 5.74) is 5.91. The van der Waals surface area contributed by atoms with Gasteiger partial charge < -0.3 is 0 Å². The molecule has 2 aromatic carbocycles. The van der Waals surface area contributed by atoms with Crippen molar-refractivity contribution in [3.05, 3.63) is 84.0 Å². The Labute approximate surface area is 310 Å². The molecule has 0 fully saturated rings. The van der Waals surface area contributed by atoms with Crippen molar-refractivity contribution in [3.63, 3.8) is 0 Å². The Morgan fingerprint density at radius 2 is 0.840 bits per heavy atom. The minimum Gasteiger partial charge on any atom is -0.255 e. The average molecular weight is 681 g/mol. The summed E-state index contributed by atoms with van der Waals surface area (Å²) in [5, 5.41) is 0. The van der Waals surface area contributed by atoms with Gasteiger partial charge in [-0.1, -0.05) is 191 Å². The van der Waals surface area contributed by atoms with Gasteiger partial charge in [-0.15, -0.1) is 0 Å². The summed E-state index contributed by atoms with van der Waals surface area (Å²) in [5.74, 6) is 0. The topological polar surface area (TPSA) is 24.7 Å². The van der Waals surface area contributed by atoms with Crippen molar-refractivity contribution in [2.45, 2.75) is 194 Å². The van der Waals surface area contributed by atoms with Crippen LogP contribution in [0.25, 0.3) is 0 Å². The second kappa shape index (κ2) is 32.2. The smallest absolute Gasteiger partial charge is 0.0665 e. The van der Waals surface area contributed by atoms with E-state index in [-0.39, 0.29) is 0 Å². The largest absolute Gasteiger partial charge is 0.255 e. The predicted molar refractivity (Wildman–Crippen MR) is 226 cm³/mol. The quantitative estimate of drug-likeness (QED) is 0.0417. The van der Waals surface area contributed by atoms with Crippen LogP contribution in [0.1, 0.15) is 192 Å². The summed E-state index contributed by atoms with van der Waals surface area (Å²) < 4.78 is 0. The van der Waals surface area contributed by atoms with Crippen LogP contribution in [0.3, 0.4) is 0 Å². The summed E-state index contributed by atoms with van der Waals surface area (Å²) in [6.45, 7) is 6.84. The summed E-state index contributed by atoms with van der Waals surface area (Å²) >= 11 is 0. The third-order valence-electron chi connectivity index (χ3n) is 9.83. The number of hydrogen-bond donors (Lipinski definition) is 0. The van der Waals surface area contributed by atoms with Gasteiger partial charge in [0, 0.05) is 6.21 Å². The fraction of sp³-hybridized carbons (Fsp3) is 0.625. The summed E-state index contributed by atoms with van der Waals surface area (Å²) in [6, 6.07) is 17.4. The van der Waals surface area contributed by atoms with Crippen molar-refractivity contribution < 1.29 is 0 Å². The van der Waals surface area contributed by atoms with Crippen molar-refractivity contribution >= 4 is 23.3 Å². The number of rotatable bonds is 32. The van der Waals surface area contributed by atoms with Crippen molar-refractivity contribution in [2.75, 3.05) is 0 Å². The number of unbranched alkanes of at least 4 members (excludes halogenated alkanes) is 19. The maximum Gasteiger partial charge on any atom is 0.0665 e. The van der Waals surface area contributed by atoms with Gasteiger partial charge in [0.15, 0.2) is 0 Å². The third kappa shape index (κ3) is 22.9. The minimum atomic E-state index is 0.955. The van der Waals surface area contributed by atoms with Crippen LogP contribution in [0.2, 0.25) is 0 Å². The second-order valence-electron chi connectivity index (χ2n) is 14.5. The van der Waals surface area contributed by atoms with E-state index in [1.54, 1.807) is 0 Å². The number of benzene rings is 2. The lowest BCUT2D eigenvalue weighted by atomic mass is 10.1. The first-order valence-electron chi connectivity index (χ1n) is 21.4. The number of allylic oxidation sites excluding steroid dienone is 4. The van der Waals surface area contributed by atoms with E-state index in [4.69, 9.17) is 9.98 Å². The molecule has 0 amide bonds. The monoisotopic (exact) mass is 681 g/mol. The lowest BCUT2D eigenvalue weighted by molar-refractivity contribution is 0.566. The van der Waals surface area contributed by atoms with Gasteiger partial charge in [-0.2, -0.15) is 0 Å². The lowest BCUT2D eigenvalue weighted by Crippen LogP contribution is -2.00.